The number of carbonyl (C=O) groups excluding carboxylic acids is 1. The SMILES string of the molecule is CN(CC(=O)O)CC1CN(CC(=O)N(C)C2CCCc3ccccc32)CCO1. The van der Waals surface area contributed by atoms with Gasteiger partial charge in [-0.3, -0.25) is 19.4 Å². The van der Waals surface area contributed by atoms with Crippen LogP contribution in [0.25, 0.3) is 0 Å². The molecule has 2 aliphatic rings. The Bertz CT molecular complexity index is 696. The molecule has 0 spiro atoms. The molecule has 0 radical (unpaired) electrons. The van der Waals surface area contributed by atoms with E-state index >= 15 is 0 Å². The van der Waals surface area contributed by atoms with Gasteiger partial charge in [-0.1, -0.05) is 24.3 Å². The average molecular weight is 389 g/mol. The molecule has 1 fully saturated rings. The van der Waals surface area contributed by atoms with Crippen LogP contribution in [0.15, 0.2) is 24.3 Å². The van der Waals surface area contributed by atoms with Gasteiger partial charge in [0, 0.05) is 26.7 Å². The number of hydrogen-bond acceptors (Lipinski definition) is 5. The Hall–Kier alpha value is -1.96. The van der Waals surface area contributed by atoms with E-state index in [9.17, 15) is 9.59 Å². The summed E-state index contributed by atoms with van der Waals surface area (Å²) in [5.41, 5.74) is 2.63. The standard InChI is InChI=1S/C21H31N3O4/c1-22(15-21(26)27)12-17-13-24(10-11-28-17)14-20(25)23(2)19-9-5-7-16-6-3-4-8-18(16)19/h3-4,6,8,17,19H,5,7,9-15H2,1-2H3,(H,26,27). The third-order valence-corrected chi connectivity index (χ3v) is 5.70. The molecule has 1 heterocycles. The number of benzene rings is 1. The van der Waals surface area contributed by atoms with Crippen molar-refractivity contribution in [3.63, 3.8) is 0 Å². The summed E-state index contributed by atoms with van der Waals surface area (Å²) in [7, 11) is 3.68. The lowest BCUT2D eigenvalue weighted by Gasteiger charge is -2.37. The van der Waals surface area contributed by atoms with Gasteiger partial charge in [0.1, 0.15) is 0 Å². The van der Waals surface area contributed by atoms with E-state index in [4.69, 9.17) is 9.84 Å². The number of carboxylic acids is 1. The molecule has 28 heavy (non-hydrogen) atoms. The number of rotatable bonds is 7. The van der Waals surface area contributed by atoms with Crippen LogP contribution in [0.5, 0.6) is 0 Å². The quantitative estimate of drug-likeness (QED) is 0.756. The lowest BCUT2D eigenvalue weighted by Crippen LogP contribution is -2.50. The highest BCUT2D eigenvalue weighted by Gasteiger charge is 2.29. The summed E-state index contributed by atoms with van der Waals surface area (Å²) in [5.74, 6) is -0.721. The zero-order chi connectivity index (χ0) is 20.1. The molecule has 0 saturated carbocycles. The van der Waals surface area contributed by atoms with Crippen LogP contribution in [0.2, 0.25) is 0 Å². The van der Waals surface area contributed by atoms with Crippen molar-refractivity contribution in [1.82, 2.24) is 14.7 Å². The Morgan fingerprint density at radius 2 is 2.07 bits per heavy atom. The van der Waals surface area contributed by atoms with Gasteiger partial charge in [0.25, 0.3) is 0 Å². The van der Waals surface area contributed by atoms with Gasteiger partial charge in [0.2, 0.25) is 5.91 Å². The Morgan fingerprint density at radius 1 is 1.29 bits per heavy atom. The highest BCUT2D eigenvalue weighted by atomic mass is 16.5. The number of aliphatic carboxylic acids is 1. The third kappa shape index (κ3) is 5.31. The molecule has 7 heteroatoms. The smallest absolute Gasteiger partial charge is 0.317 e. The van der Waals surface area contributed by atoms with Gasteiger partial charge < -0.3 is 14.7 Å². The minimum absolute atomic E-state index is 0.0113. The van der Waals surface area contributed by atoms with Crippen LogP contribution in [0.4, 0.5) is 0 Å². The zero-order valence-corrected chi connectivity index (χ0v) is 16.8. The number of carboxylic acid groups (broad SMARTS) is 1. The molecular formula is C21H31N3O4. The van der Waals surface area contributed by atoms with Crippen LogP contribution in [0.1, 0.15) is 30.0 Å². The summed E-state index contributed by atoms with van der Waals surface area (Å²) in [6.07, 6.45) is 3.12. The average Bonchev–Trinajstić information content (AvgIpc) is 2.66. The molecule has 3 rings (SSSR count). The molecule has 0 aromatic heterocycles. The first-order valence-corrected chi connectivity index (χ1v) is 10.0. The van der Waals surface area contributed by atoms with Crippen LogP contribution in [0.3, 0.4) is 0 Å². The van der Waals surface area contributed by atoms with E-state index < -0.39 is 5.97 Å². The maximum absolute atomic E-state index is 12.9. The van der Waals surface area contributed by atoms with Crippen LogP contribution < -0.4 is 0 Å². The predicted octanol–water partition coefficient (Wildman–Crippen LogP) is 1.24. The zero-order valence-electron chi connectivity index (χ0n) is 16.8. The van der Waals surface area contributed by atoms with Gasteiger partial charge in [0.15, 0.2) is 0 Å². The van der Waals surface area contributed by atoms with Gasteiger partial charge in [-0.05, 0) is 37.4 Å². The Labute approximate surface area is 166 Å². The third-order valence-electron chi connectivity index (χ3n) is 5.70. The molecular weight excluding hydrogens is 358 g/mol. The van der Waals surface area contributed by atoms with Crippen molar-refractivity contribution >= 4 is 11.9 Å². The Balaban J connectivity index is 1.55. The molecule has 1 aromatic rings. The fourth-order valence-electron chi connectivity index (χ4n) is 4.28. The first-order chi connectivity index (χ1) is 13.4. The van der Waals surface area contributed by atoms with Crippen molar-refractivity contribution in [3.8, 4) is 0 Å². The minimum Gasteiger partial charge on any atom is -0.480 e. The molecule has 0 bridgehead atoms. The van der Waals surface area contributed by atoms with Crippen LogP contribution >= 0.6 is 0 Å². The molecule has 154 valence electrons. The number of carbonyl (C=O) groups is 2. The van der Waals surface area contributed by atoms with E-state index in [0.717, 1.165) is 25.8 Å². The van der Waals surface area contributed by atoms with Gasteiger partial charge in [-0.25, -0.2) is 0 Å². The summed E-state index contributed by atoms with van der Waals surface area (Å²) >= 11 is 0. The maximum Gasteiger partial charge on any atom is 0.317 e. The fourth-order valence-corrected chi connectivity index (χ4v) is 4.28. The number of morpholine rings is 1. The maximum atomic E-state index is 12.9. The topological polar surface area (TPSA) is 73.3 Å². The predicted molar refractivity (Wildman–Crippen MR) is 106 cm³/mol. The molecule has 1 amide bonds. The van der Waals surface area contributed by atoms with Crippen molar-refractivity contribution in [1.29, 1.82) is 0 Å². The van der Waals surface area contributed by atoms with Crippen molar-refractivity contribution in [2.45, 2.75) is 31.4 Å². The fraction of sp³-hybridized carbons (Fsp3) is 0.619. The summed E-state index contributed by atoms with van der Waals surface area (Å²) in [6.45, 7) is 2.84. The largest absolute Gasteiger partial charge is 0.480 e. The number of aryl methyl sites for hydroxylation is 1. The van der Waals surface area contributed by atoms with E-state index in [1.807, 2.05) is 11.9 Å². The van der Waals surface area contributed by atoms with Crippen molar-refractivity contribution in [3.05, 3.63) is 35.4 Å². The molecule has 7 nitrogen and oxygen atoms in total. The van der Waals surface area contributed by atoms with Crippen LogP contribution in [0, 0.1) is 0 Å². The highest BCUT2D eigenvalue weighted by Crippen LogP contribution is 2.33. The van der Waals surface area contributed by atoms with E-state index in [2.05, 4.69) is 29.2 Å². The number of hydrogen-bond donors (Lipinski definition) is 1. The monoisotopic (exact) mass is 389 g/mol. The number of amides is 1. The Kier molecular flexibility index (Phi) is 7.04. The minimum atomic E-state index is -0.847. The highest BCUT2D eigenvalue weighted by molar-refractivity contribution is 5.78. The Morgan fingerprint density at radius 3 is 2.86 bits per heavy atom. The van der Waals surface area contributed by atoms with Gasteiger partial charge in [-0.2, -0.15) is 0 Å². The number of likely N-dealkylation sites (N-methyl/N-ethyl adjacent to an activating group) is 2. The number of ether oxygens (including phenoxy) is 1. The second kappa shape index (κ2) is 9.49. The second-order valence-corrected chi connectivity index (χ2v) is 7.93. The number of fused-ring (bicyclic) bond motifs is 1. The van der Waals surface area contributed by atoms with Gasteiger partial charge in [0.05, 0.1) is 31.8 Å². The van der Waals surface area contributed by atoms with Crippen LogP contribution in [-0.2, 0) is 20.7 Å². The molecule has 2 unspecified atom stereocenters. The summed E-state index contributed by atoms with van der Waals surface area (Å²) < 4.78 is 5.76. The molecule has 2 atom stereocenters. The van der Waals surface area contributed by atoms with E-state index in [1.165, 1.54) is 11.1 Å². The normalized spacial score (nSPS) is 22.7. The lowest BCUT2D eigenvalue weighted by atomic mass is 9.87. The molecule has 1 aliphatic carbocycles. The van der Waals surface area contributed by atoms with E-state index in [1.54, 1.807) is 11.9 Å². The van der Waals surface area contributed by atoms with Crippen molar-refractivity contribution < 1.29 is 19.4 Å². The lowest BCUT2D eigenvalue weighted by molar-refractivity contribution is -0.138. The molecule has 1 N–H and O–H groups in total. The van der Waals surface area contributed by atoms with E-state index in [-0.39, 0.29) is 24.6 Å². The summed E-state index contributed by atoms with van der Waals surface area (Å²) in [5, 5.41) is 8.90. The van der Waals surface area contributed by atoms with Crippen molar-refractivity contribution in [2.75, 3.05) is 53.4 Å². The van der Waals surface area contributed by atoms with Gasteiger partial charge >= 0.3 is 5.97 Å². The van der Waals surface area contributed by atoms with Crippen LogP contribution in [-0.4, -0.2) is 91.2 Å². The number of nitrogens with zero attached hydrogens (tertiary/aromatic N) is 3. The molecule has 1 saturated heterocycles. The summed E-state index contributed by atoms with van der Waals surface area (Å²) in [6, 6.07) is 8.58. The molecule has 1 aromatic carbocycles. The first-order valence-electron chi connectivity index (χ1n) is 10.0. The van der Waals surface area contributed by atoms with Gasteiger partial charge in [-0.15, -0.1) is 0 Å². The molecule has 1 aliphatic heterocycles. The first kappa shape index (κ1) is 20.8. The van der Waals surface area contributed by atoms with E-state index in [0.29, 0.717) is 26.2 Å². The summed E-state index contributed by atoms with van der Waals surface area (Å²) in [4.78, 5) is 29.5. The van der Waals surface area contributed by atoms with Crippen molar-refractivity contribution in [2.24, 2.45) is 0 Å². The second-order valence-electron chi connectivity index (χ2n) is 7.93.